The van der Waals surface area contributed by atoms with Gasteiger partial charge in [-0.15, -0.1) is 0 Å². The second kappa shape index (κ2) is 3.97. The molecular formula is C12H20N2O. The van der Waals surface area contributed by atoms with Crippen LogP contribution in [0.15, 0.2) is 10.6 Å². The van der Waals surface area contributed by atoms with Gasteiger partial charge in [-0.3, -0.25) is 0 Å². The molecule has 0 bridgehead atoms. The van der Waals surface area contributed by atoms with Gasteiger partial charge in [-0.25, -0.2) is 0 Å². The number of nitrogens with zero attached hydrogens (tertiary/aromatic N) is 1. The van der Waals surface area contributed by atoms with Gasteiger partial charge in [-0.2, -0.15) is 0 Å². The molecule has 2 heterocycles. The fraction of sp³-hybridized carbons (Fsp3) is 0.750. The first-order chi connectivity index (χ1) is 7.05. The van der Waals surface area contributed by atoms with Crippen molar-refractivity contribution in [1.29, 1.82) is 0 Å². The maximum Gasteiger partial charge on any atom is 0.137 e. The number of hydrogen-bond donors (Lipinski definition) is 1. The van der Waals surface area contributed by atoms with Crippen molar-refractivity contribution in [3.05, 3.63) is 17.5 Å². The lowest BCUT2D eigenvalue weighted by Gasteiger charge is -2.12. The topological polar surface area (TPSA) is 38.1 Å². The summed E-state index contributed by atoms with van der Waals surface area (Å²) < 4.78 is 5.38. The lowest BCUT2D eigenvalue weighted by molar-refractivity contribution is 0.349. The van der Waals surface area contributed by atoms with Gasteiger partial charge in [-0.1, -0.05) is 25.9 Å². The minimum atomic E-state index is 0.0929. The van der Waals surface area contributed by atoms with Crippen LogP contribution in [0.25, 0.3) is 0 Å². The van der Waals surface area contributed by atoms with Crippen LogP contribution in [0.2, 0.25) is 0 Å². The lowest BCUT2D eigenvalue weighted by Crippen LogP contribution is -2.11. The fourth-order valence-electron chi connectivity index (χ4n) is 1.94. The second-order valence-electron chi connectivity index (χ2n) is 5.49. The summed E-state index contributed by atoms with van der Waals surface area (Å²) in [5.74, 6) is 1.76. The van der Waals surface area contributed by atoms with E-state index >= 15 is 0 Å². The zero-order chi connectivity index (χ0) is 10.9. The van der Waals surface area contributed by atoms with Gasteiger partial charge in [0.1, 0.15) is 5.76 Å². The Morgan fingerprint density at radius 3 is 2.87 bits per heavy atom. The molecule has 1 aliphatic heterocycles. The highest BCUT2D eigenvalue weighted by Crippen LogP contribution is 2.23. The lowest BCUT2D eigenvalue weighted by atomic mass is 9.91. The number of rotatable bonds is 2. The average molecular weight is 208 g/mol. The molecule has 1 N–H and O–H groups in total. The highest BCUT2D eigenvalue weighted by Gasteiger charge is 2.21. The Morgan fingerprint density at radius 1 is 1.53 bits per heavy atom. The van der Waals surface area contributed by atoms with Crippen molar-refractivity contribution >= 4 is 0 Å². The monoisotopic (exact) mass is 208 g/mol. The Labute approximate surface area is 91.2 Å². The molecule has 15 heavy (non-hydrogen) atoms. The van der Waals surface area contributed by atoms with E-state index in [0.29, 0.717) is 0 Å². The fourth-order valence-corrected chi connectivity index (χ4v) is 1.94. The second-order valence-corrected chi connectivity index (χ2v) is 5.49. The maximum absolute atomic E-state index is 5.38. The Kier molecular flexibility index (Phi) is 2.83. The van der Waals surface area contributed by atoms with Gasteiger partial charge in [-0.05, 0) is 25.4 Å². The van der Waals surface area contributed by atoms with E-state index in [1.54, 1.807) is 0 Å². The smallest absolute Gasteiger partial charge is 0.137 e. The molecule has 2 rings (SSSR count). The molecule has 1 aliphatic rings. The summed E-state index contributed by atoms with van der Waals surface area (Å²) in [5.41, 5.74) is 1.15. The van der Waals surface area contributed by atoms with Crippen LogP contribution in [0, 0.1) is 5.92 Å². The van der Waals surface area contributed by atoms with E-state index in [0.717, 1.165) is 36.9 Å². The van der Waals surface area contributed by atoms with Crippen LogP contribution in [-0.2, 0) is 11.8 Å². The predicted octanol–water partition coefficient (Wildman–Crippen LogP) is 2.12. The van der Waals surface area contributed by atoms with Crippen molar-refractivity contribution in [2.45, 2.75) is 39.0 Å². The number of nitrogens with one attached hydrogen (secondary N) is 1. The van der Waals surface area contributed by atoms with Crippen LogP contribution < -0.4 is 5.32 Å². The zero-order valence-corrected chi connectivity index (χ0v) is 9.84. The number of aromatic nitrogens is 1. The van der Waals surface area contributed by atoms with Gasteiger partial charge in [0, 0.05) is 17.9 Å². The van der Waals surface area contributed by atoms with Crippen molar-refractivity contribution in [1.82, 2.24) is 10.5 Å². The van der Waals surface area contributed by atoms with Crippen molar-refractivity contribution in [2.24, 2.45) is 5.92 Å². The van der Waals surface area contributed by atoms with Gasteiger partial charge >= 0.3 is 0 Å². The minimum Gasteiger partial charge on any atom is -0.361 e. The van der Waals surface area contributed by atoms with Crippen LogP contribution >= 0.6 is 0 Å². The minimum absolute atomic E-state index is 0.0929. The maximum atomic E-state index is 5.38. The molecule has 3 heteroatoms. The quantitative estimate of drug-likeness (QED) is 0.809. The van der Waals surface area contributed by atoms with Gasteiger partial charge in [0.25, 0.3) is 0 Å². The standard InChI is InChI=1S/C12H20N2O/c1-12(2,3)11-7-10(15-14-11)6-9-4-5-13-8-9/h7,9,13H,4-6,8H2,1-3H3. The molecule has 0 aromatic carbocycles. The Bertz CT molecular complexity index is 319. The molecule has 0 amide bonds. The Morgan fingerprint density at radius 2 is 2.33 bits per heavy atom. The molecule has 0 saturated carbocycles. The van der Waals surface area contributed by atoms with E-state index < -0.39 is 0 Å². The van der Waals surface area contributed by atoms with Crippen molar-refractivity contribution in [2.75, 3.05) is 13.1 Å². The first-order valence-electron chi connectivity index (χ1n) is 5.72. The first-order valence-corrected chi connectivity index (χ1v) is 5.72. The van der Waals surface area contributed by atoms with E-state index in [1.807, 2.05) is 0 Å². The molecule has 3 nitrogen and oxygen atoms in total. The van der Waals surface area contributed by atoms with E-state index in [9.17, 15) is 0 Å². The summed E-state index contributed by atoms with van der Waals surface area (Å²) in [4.78, 5) is 0. The van der Waals surface area contributed by atoms with Crippen molar-refractivity contribution < 1.29 is 4.52 Å². The molecule has 1 fully saturated rings. The summed E-state index contributed by atoms with van der Waals surface area (Å²) >= 11 is 0. The van der Waals surface area contributed by atoms with E-state index in [4.69, 9.17) is 4.52 Å². The molecule has 1 atom stereocenters. The summed E-state index contributed by atoms with van der Waals surface area (Å²) in [6, 6.07) is 2.11. The summed E-state index contributed by atoms with van der Waals surface area (Å²) in [7, 11) is 0. The highest BCUT2D eigenvalue weighted by atomic mass is 16.5. The van der Waals surface area contributed by atoms with Crippen LogP contribution in [0.3, 0.4) is 0 Å². The Balaban J connectivity index is 2.00. The largest absolute Gasteiger partial charge is 0.361 e. The molecule has 0 spiro atoms. The molecule has 84 valence electrons. The molecule has 1 unspecified atom stereocenters. The van der Waals surface area contributed by atoms with E-state index in [-0.39, 0.29) is 5.41 Å². The summed E-state index contributed by atoms with van der Waals surface area (Å²) in [6.07, 6.45) is 2.28. The van der Waals surface area contributed by atoms with Crippen LogP contribution in [-0.4, -0.2) is 18.2 Å². The first kappa shape index (κ1) is 10.7. The summed E-state index contributed by atoms with van der Waals surface area (Å²) in [6.45, 7) is 8.74. The molecule has 1 aromatic rings. The van der Waals surface area contributed by atoms with Gasteiger partial charge < -0.3 is 9.84 Å². The van der Waals surface area contributed by atoms with Crippen LogP contribution in [0.1, 0.15) is 38.6 Å². The van der Waals surface area contributed by atoms with Gasteiger partial charge in [0.2, 0.25) is 0 Å². The molecule has 0 radical (unpaired) electrons. The third-order valence-corrected chi connectivity index (χ3v) is 2.98. The summed E-state index contributed by atoms with van der Waals surface area (Å²) in [5, 5.41) is 7.50. The third-order valence-electron chi connectivity index (χ3n) is 2.98. The molecular weight excluding hydrogens is 188 g/mol. The van der Waals surface area contributed by atoms with Gasteiger partial charge in [0.05, 0.1) is 5.69 Å². The number of hydrogen-bond acceptors (Lipinski definition) is 3. The zero-order valence-electron chi connectivity index (χ0n) is 9.84. The van der Waals surface area contributed by atoms with E-state index in [1.165, 1.54) is 6.42 Å². The molecule has 0 aliphatic carbocycles. The molecule has 1 aromatic heterocycles. The SMILES string of the molecule is CC(C)(C)c1cc(CC2CCNC2)on1. The predicted molar refractivity (Wildman–Crippen MR) is 59.9 cm³/mol. The van der Waals surface area contributed by atoms with Crippen molar-refractivity contribution in [3.63, 3.8) is 0 Å². The van der Waals surface area contributed by atoms with E-state index in [2.05, 4.69) is 37.3 Å². The van der Waals surface area contributed by atoms with Gasteiger partial charge in [0.15, 0.2) is 0 Å². The van der Waals surface area contributed by atoms with Crippen LogP contribution in [0.4, 0.5) is 0 Å². The third kappa shape index (κ3) is 2.59. The Hall–Kier alpha value is -0.830. The van der Waals surface area contributed by atoms with Crippen molar-refractivity contribution in [3.8, 4) is 0 Å². The molecule has 1 saturated heterocycles. The average Bonchev–Trinajstić information content (AvgIpc) is 2.73. The van der Waals surface area contributed by atoms with Crippen LogP contribution in [0.5, 0.6) is 0 Å². The normalized spacial score (nSPS) is 22.2. The highest BCUT2D eigenvalue weighted by molar-refractivity contribution is 5.14.